The average molecular weight is 385 g/mol. The number of nitrogens with zero attached hydrogens (tertiary/aromatic N) is 2. The predicted molar refractivity (Wildman–Crippen MR) is 94.9 cm³/mol. The van der Waals surface area contributed by atoms with Gasteiger partial charge in [-0.25, -0.2) is 8.42 Å². The summed E-state index contributed by atoms with van der Waals surface area (Å²) in [6.45, 7) is -0.726. The molecule has 1 heterocycles. The van der Waals surface area contributed by atoms with Crippen LogP contribution in [0.25, 0.3) is 0 Å². The molecule has 1 aliphatic heterocycles. The number of hydrogen-bond acceptors (Lipinski definition) is 6. The summed E-state index contributed by atoms with van der Waals surface area (Å²) in [4.78, 5) is 26.8. The minimum absolute atomic E-state index is 0.148. The lowest BCUT2D eigenvalue weighted by Crippen LogP contribution is -2.55. The van der Waals surface area contributed by atoms with Crippen molar-refractivity contribution >= 4 is 27.5 Å². The normalized spacial score (nSPS) is 20.8. The molecular weight excluding hydrogens is 362 g/mol. The van der Waals surface area contributed by atoms with E-state index in [2.05, 4.69) is 4.72 Å². The van der Waals surface area contributed by atoms with Crippen LogP contribution in [0.3, 0.4) is 0 Å². The van der Waals surface area contributed by atoms with Crippen LogP contribution in [0.5, 0.6) is 0 Å². The van der Waals surface area contributed by atoms with E-state index in [0.29, 0.717) is 11.3 Å². The molecule has 144 valence electrons. The van der Waals surface area contributed by atoms with Crippen LogP contribution in [-0.2, 0) is 24.3 Å². The molecule has 1 saturated heterocycles. The van der Waals surface area contributed by atoms with Gasteiger partial charge in [-0.1, -0.05) is 12.1 Å². The molecule has 2 atom stereocenters. The minimum atomic E-state index is -3.38. The van der Waals surface area contributed by atoms with Crippen molar-refractivity contribution < 1.29 is 27.9 Å². The van der Waals surface area contributed by atoms with Crippen molar-refractivity contribution in [3.8, 4) is 0 Å². The molecule has 2 N–H and O–H groups in total. The van der Waals surface area contributed by atoms with Gasteiger partial charge in [0.05, 0.1) is 18.9 Å². The van der Waals surface area contributed by atoms with Crippen LogP contribution in [0.2, 0.25) is 0 Å². The third-order valence-corrected chi connectivity index (χ3v) is 4.60. The lowest BCUT2D eigenvalue weighted by atomic mass is 9.99. The van der Waals surface area contributed by atoms with Crippen molar-refractivity contribution in [2.24, 2.45) is 0 Å². The van der Waals surface area contributed by atoms with Gasteiger partial charge in [0.15, 0.2) is 0 Å². The Morgan fingerprint density at radius 3 is 2.46 bits per heavy atom. The Hall–Kier alpha value is -2.17. The number of nitrogens with one attached hydrogen (secondary N) is 1. The zero-order valence-electron chi connectivity index (χ0n) is 14.9. The van der Waals surface area contributed by atoms with E-state index in [4.69, 9.17) is 4.74 Å². The first-order chi connectivity index (χ1) is 12.1. The highest BCUT2D eigenvalue weighted by Gasteiger charge is 2.38. The number of benzene rings is 1. The van der Waals surface area contributed by atoms with Gasteiger partial charge in [0.1, 0.15) is 19.3 Å². The van der Waals surface area contributed by atoms with Crippen molar-refractivity contribution in [1.29, 1.82) is 0 Å². The first kappa shape index (κ1) is 20.1. The maximum absolute atomic E-state index is 12.2. The number of sulfonamides is 1. The molecule has 0 spiro atoms. The van der Waals surface area contributed by atoms with Gasteiger partial charge in [-0.3, -0.25) is 14.3 Å². The van der Waals surface area contributed by atoms with Crippen LogP contribution < -0.4 is 4.72 Å². The number of anilines is 1. The van der Waals surface area contributed by atoms with Crippen LogP contribution >= 0.6 is 0 Å². The number of aliphatic hydroxyl groups is 1. The first-order valence-corrected chi connectivity index (χ1v) is 9.81. The van der Waals surface area contributed by atoms with E-state index >= 15 is 0 Å². The van der Waals surface area contributed by atoms with Crippen molar-refractivity contribution in [3.05, 3.63) is 29.8 Å². The number of ether oxygens (including phenoxy) is 1. The summed E-state index contributed by atoms with van der Waals surface area (Å²) in [7, 11) is -0.205. The van der Waals surface area contributed by atoms with E-state index in [-0.39, 0.29) is 31.6 Å². The molecule has 9 nitrogen and oxygen atoms in total. The molecule has 0 bridgehead atoms. The van der Waals surface area contributed by atoms with E-state index in [0.717, 1.165) is 6.26 Å². The Kier molecular flexibility index (Phi) is 6.21. The van der Waals surface area contributed by atoms with E-state index in [1.165, 1.54) is 9.80 Å². The van der Waals surface area contributed by atoms with Gasteiger partial charge >= 0.3 is 0 Å². The first-order valence-electron chi connectivity index (χ1n) is 7.92. The van der Waals surface area contributed by atoms with Crippen LogP contribution in [0.15, 0.2) is 24.3 Å². The lowest BCUT2D eigenvalue weighted by Gasteiger charge is -2.40. The van der Waals surface area contributed by atoms with Gasteiger partial charge in [0.2, 0.25) is 21.8 Å². The highest BCUT2D eigenvalue weighted by molar-refractivity contribution is 7.92. The van der Waals surface area contributed by atoms with Gasteiger partial charge in [-0.2, -0.15) is 0 Å². The van der Waals surface area contributed by atoms with Crippen LogP contribution in [0.1, 0.15) is 11.7 Å². The molecule has 0 aliphatic carbocycles. The van der Waals surface area contributed by atoms with Crippen LogP contribution in [-0.4, -0.2) is 81.3 Å². The fourth-order valence-corrected chi connectivity index (χ4v) is 3.23. The molecule has 0 radical (unpaired) electrons. The highest BCUT2D eigenvalue weighted by atomic mass is 32.2. The molecular formula is C16H23N3O6S. The summed E-state index contributed by atoms with van der Waals surface area (Å²) < 4.78 is 30.5. The number of aliphatic hydroxyl groups excluding tert-OH is 1. The summed E-state index contributed by atoms with van der Waals surface area (Å²) in [5, 5.41) is 9.78. The van der Waals surface area contributed by atoms with Gasteiger partial charge in [0.25, 0.3) is 0 Å². The maximum Gasteiger partial charge on any atom is 0.249 e. The Balaban J connectivity index is 2.22. The Morgan fingerprint density at radius 2 is 1.96 bits per heavy atom. The molecule has 2 rings (SSSR count). The zero-order chi connectivity index (χ0) is 19.5. The summed E-state index contributed by atoms with van der Waals surface area (Å²) in [5.74, 6) is -0.629. The van der Waals surface area contributed by atoms with Gasteiger partial charge in [-0.15, -0.1) is 0 Å². The highest BCUT2D eigenvalue weighted by Crippen LogP contribution is 2.30. The van der Waals surface area contributed by atoms with Crippen LogP contribution in [0.4, 0.5) is 5.69 Å². The maximum atomic E-state index is 12.2. The number of carbonyl (C=O) groups is 2. The monoisotopic (exact) mass is 385 g/mol. The molecule has 0 unspecified atom stereocenters. The molecule has 26 heavy (non-hydrogen) atoms. The lowest BCUT2D eigenvalue weighted by molar-refractivity contribution is -0.164. The fraction of sp³-hybridized carbons (Fsp3) is 0.500. The smallest absolute Gasteiger partial charge is 0.249 e. The average Bonchev–Trinajstić information content (AvgIpc) is 2.55. The SMILES string of the molecule is CN(C)C(=O)CN1C(=O)CO[C@H](c2ccc(NS(C)(=O)=O)cc2)[C@H]1CO. The van der Waals surface area contributed by atoms with E-state index in [9.17, 15) is 23.1 Å². The molecule has 2 amide bonds. The number of morpholine rings is 1. The minimum Gasteiger partial charge on any atom is -0.394 e. The van der Waals surface area contributed by atoms with E-state index < -0.39 is 22.2 Å². The Bertz CT molecular complexity index is 763. The van der Waals surface area contributed by atoms with E-state index in [1.54, 1.807) is 38.4 Å². The number of rotatable bonds is 6. The number of carbonyl (C=O) groups excluding carboxylic acids is 2. The molecule has 1 aromatic carbocycles. The molecule has 0 aromatic heterocycles. The summed E-state index contributed by atoms with van der Waals surface area (Å²) >= 11 is 0. The van der Waals surface area contributed by atoms with Crippen molar-refractivity contribution in [2.75, 3.05) is 44.8 Å². The van der Waals surface area contributed by atoms with Crippen LogP contribution in [0, 0.1) is 0 Å². The summed E-state index contributed by atoms with van der Waals surface area (Å²) in [6, 6.07) is 5.74. The Labute approximate surface area is 152 Å². The van der Waals surface area contributed by atoms with Gasteiger partial charge < -0.3 is 19.6 Å². The van der Waals surface area contributed by atoms with E-state index in [1.807, 2.05) is 0 Å². The zero-order valence-corrected chi connectivity index (χ0v) is 15.7. The second-order valence-corrected chi connectivity index (χ2v) is 8.04. The summed E-state index contributed by atoms with van der Waals surface area (Å²) in [5.41, 5.74) is 1.06. The number of amides is 2. The molecule has 10 heteroatoms. The largest absolute Gasteiger partial charge is 0.394 e. The predicted octanol–water partition coefficient (Wildman–Crippen LogP) is -0.593. The molecule has 1 aromatic rings. The standard InChI is InChI=1S/C16H23N3O6S/c1-18(2)14(21)8-19-13(9-20)16(25-10-15(19)22)11-4-6-12(7-5-11)17-26(3,23)24/h4-7,13,16-17,20H,8-10H2,1-3H3/t13-,16-/m1/s1. The second kappa shape index (κ2) is 8.02. The number of likely N-dealkylation sites (N-methyl/N-ethyl adjacent to an activating group) is 1. The molecule has 0 saturated carbocycles. The van der Waals surface area contributed by atoms with Gasteiger partial charge in [0, 0.05) is 19.8 Å². The third kappa shape index (κ3) is 4.93. The Morgan fingerprint density at radius 1 is 1.35 bits per heavy atom. The second-order valence-electron chi connectivity index (χ2n) is 6.29. The molecule has 1 fully saturated rings. The van der Waals surface area contributed by atoms with Crippen molar-refractivity contribution in [3.63, 3.8) is 0 Å². The number of hydrogen-bond donors (Lipinski definition) is 2. The van der Waals surface area contributed by atoms with Gasteiger partial charge in [-0.05, 0) is 17.7 Å². The topological polar surface area (TPSA) is 116 Å². The van der Waals surface area contributed by atoms with Crippen molar-refractivity contribution in [1.82, 2.24) is 9.80 Å². The molecule has 1 aliphatic rings. The fourth-order valence-electron chi connectivity index (χ4n) is 2.66. The summed E-state index contributed by atoms with van der Waals surface area (Å²) in [6.07, 6.45) is 0.429. The third-order valence-electron chi connectivity index (χ3n) is 3.99. The van der Waals surface area contributed by atoms with Crippen molar-refractivity contribution in [2.45, 2.75) is 12.1 Å². The quantitative estimate of drug-likeness (QED) is 0.676.